The highest BCUT2D eigenvalue weighted by Crippen LogP contribution is 2.36. The van der Waals surface area contributed by atoms with Gasteiger partial charge in [-0.15, -0.1) is 0 Å². The van der Waals surface area contributed by atoms with Gasteiger partial charge in [-0.05, 0) is 56.0 Å². The number of aromatic nitrogens is 1. The van der Waals surface area contributed by atoms with Crippen molar-refractivity contribution in [2.75, 3.05) is 5.32 Å². The fourth-order valence-electron chi connectivity index (χ4n) is 3.28. The number of benzene rings is 1. The van der Waals surface area contributed by atoms with E-state index in [0.717, 1.165) is 39.3 Å². The Morgan fingerprint density at radius 3 is 2.71 bits per heavy atom. The Kier molecular flexibility index (Phi) is 4.01. The molecule has 0 fully saturated rings. The molecule has 0 saturated heterocycles. The SMILES string of the molecule is Cc1cccc2c1/C(=C/c1[nH]c(C)c(CCC(=O)O)c1C)C(=O)N2. The van der Waals surface area contributed by atoms with Crippen LogP contribution in [0.5, 0.6) is 0 Å². The standard InChI is InChI=1S/C19H20N2O3/c1-10-5-4-6-15-18(10)14(19(24)21-15)9-16-11(2)13(12(3)20-16)7-8-17(22)23/h4-6,9,20H,7-8H2,1-3H3,(H,21,24)(H,22,23)/b14-9-. The molecule has 3 N–H and O–H groups in total. The van der Waals surface area contributed by atoms with E-state index in [1.165, 1.54) is 0 Å². The number of carboxylic acids is 1. The van der Waals surface area contributed by atoms with Gasteiger partial charge in [0.25, 0.3) is 5.91 Å². The van der Waals surface area contributed by atoms with Crippen molar-refractivity contribution in [3.8, 4) is 0 Å². The highest BCUT2D eigenvalue weighted by Gasteiger charge is 2.26. The molecule has 2 heterocycles. The Hall–Kier alpha value is -2.82. The predicted octanol–water partition coefficient (Wildman–Crippen LogP) is 3.45. The van der Waals surface area contributed by atoms with Gasteiger partial charge in [0.2, 0.25) is 0 Å². The van der Waals surface area contributed by atoms with E-state index in [0.29, 0.717) is 12.0 Å². The number of aliphatic carboxylic acids is 1. The average molecular weight is 324 g/mol. The topological polar surface area (TPSA) is 82.2 Å². The lowest BCUT2D eigenvalue weighted by Gasteiger charge is -2.03. The number of carbonyl (C=O) groups is 2. The summed E-state index contributed by atoms with van der Waals surface area (Å²) >= 11 is 0. The third-order valence-electron chi connectivity index (χ3n) is 4.54. The molecule has 1 amide bonds. The zero-order valence-electron chi connectivity index (χ0n) is 14.0. The van der Waals surface area contributed by atoms with Crippen LogP contribution < -0.4 is 5.32 Å². The second kappa shape index (κ2) is 6.00. The van der Waals surface area contributed by atoms with Crippen LogP contribution in [0.2, 0.25) is 0 Å². The second-order valence-corrected chi connectivity index (χ2v) is 6.17. The molecule has 0 saturated carbocycles. The van der Waals surface area contributed by atoms with E-state index in [1.807, 2.05) is 45.0 Å². The van der Waals surface area contributed by atoms with Crippen molar-refractivity contribution in [3.63, 3.8) is 0 Å². The number of nitrogens with one attached hydrogen (secondary N) is 2. The van der Waals surface area contributed by atoms with Crippen molar-refractivity contribution in [1.29, 1.82) is 0 Å². The highest BCUT2D eigenvalue weighted by atomic mass is 16.4. The molecule has 2 aromatic rings. The lowest BCUT2D eigenvalue weighted by molar-refractivity contribution is -0.137. The van der Waals surface area contributed by atoms with E-state index in [-0.39, 0.29) is 12.3 Å². The van der Waals surface area contributed by atoms with Crippen LogP contribution in [0.15, 0.2) is 18.2 Å². The molecular formula is C19H20N2O3. The average Bonchev–Trinajstić information content (AvgIpc) is 2.96. The summed E-state index contributed by atoms with van der Waals surface area (Å²) in [6.07, 6.45) is 2.44. The van der Waals surface area contributed by atoms with Crippen LogP contribution in [0, 0.1) is 20.8 Å². The van der Waals surface area contributed by atoms with Gasteiger partial charge in [-0.3, -0.25) is 9.59 Å². The number of fused-ring (bicyclic) bond motifs is 1. The predicted molar refractivity (Wildman–Crippen MR) is 93.9 cm³/mol. The smallest absolute Gasteiger partial charge is 0.303 e. The number of H-pyrrole nitrogens is 1. The minimum atomic E-state index is -0.811. The molecule has 1 aromatic carbocycles. The first-order valence-corrected chi connectivity index (χ1v) is 7.91. The molecule has 0 aliphatic carbocycles. The molecule has 0 radical (unpaired) electrons. The van der Waals surface area contributed by atoms with Gasteiger partial charge >= 0.3 is 5.97 Å². The summed E-state index contributed by atoms with van der Waals surface area (Å²) in [6.45, 7) is 5.87. The highest BCUT2D eigenvalue weighted by molar-refractivity contribution is 6.35. The van der Waals surface area contributed by atoms with Gasteiger partial charge in [0.1, 0.15) is 0 Å². The first kappa shape index (κ1) is 16.1. The maximum absolute atomic E-state index is 12.3. The number of hydrogen-bond acceptors (Lipinski definition) is 2. The van der Waals surface area contributed by atoms with E-state index < -0.39 is 5.97 Å². The van der Waals surface area contributed by atoms with E-state index in [1.54, 1.807) is 0 Å². The number of aromatic amines is 1. The monoisotopic (exact) mass is 324 g/mol. The maximum Gasteiger partial charge on any atom is 0.303 e. The summed E-state index contributed by atoms with van der Waals surface area (Å²) in [5, 5.41) is 11.8. The van der Waals surface area contributed by atoms with Gasteiger partial charge in [-0.2, -0.15) is 0 Å². The van der Waals surface area contributed by atoms with Crippen molar-refractivity contribution in [2.24, 2.45) is 0 Å². The molecule has 1 aliphatic heterocycles. The van der Waals surface area contributed by atoms with Crippen LogP contribution in [-0.4, -0.2) is 22.0 Å². The number of hydrogen-bond donors (Lipinski definition) is 3. The number of anilines is 1. The molecule has 0 spiro atoms. The van der Waals surface area contributed by atoms with Crippen molar-refractivity contribution < 1.29 is 14.7 Å². The maximum atomic E-state index is 12.3. The Morgan fingerprint density at radius 2 is 2.00 bits per heavy atom. The summed E-state index contributed by atoms with van der Waals surface area (Å²) in [6, 6.07) is 5.80. The summed E-state index contributed by atoms with van der Waals surface area (Å²) in [4.78, 5) is 26.4. The van der Waals surface area contributed by atoms with Gasteiger partial charge < -0.3 is 15.4 Å². The second-order valence-electron chi connectivity index (χ2n) is 6.17. The van der Waals surface area contributed by atoms with Crippen LogP contribution >= 0.6 is 0 Å². The largest absolute Gasteiger partial charge is 0.481 e. The summed E-state index contributed by atoms with van der Waals surface area (Å²) < 4.78 is 0. The van der Waals surface area contributed by atoms with Crippen LogP contribution in [0.25, 0.3) is 11.6 Å². The van der Waals surface area contributed by atoms with Crippen LogP contribution in [-0.2, 0) is 16.0 Å². The molecule has 1 aromatic heterocycles. The fourth-order valence-corrected chi connectivity index (χ4v) is 3.28. The van der Waals surface area contributed by atoms with Gasteiger partial charge in [-0.25, -0.2) is 0 Å². The summed E-state index contributed by atoms with van der Waals surface area (Å²) in [5.74, 6) is -0.923. The molecule has 0 bridgehead atoms. The van der Waals surface area contributed by atoms with E-state index >= 15 is 0 Å². The molecule has 5 heteroatoms. The number of carbonyl (C=O) groups excluding carboxylic acids is 1. The van der Waals surface area contributed by atoms with Crippen molar-refractivity contribution in [3.05, 3.63) is 51.8 Å². The fraction of sp³-hybridized carbons (Fsp3) is 0.263. The minimum absolute atomic E-state index is 0.0952. The van der Waals surface area contributed by atoms with Crippen molar-refractivity contribution in [2.45, 2.75) is 33.6 Å². The molecule has 3 rings (SSSR count). The molecule has 5 nitrogen and oxygen atoms in total. The van der Waals surface area contributed by atoms with Gasteiger partial charge in [0.05, 0.1) is 5.57 Å². The first-order valence-electron chi connectivity index (χ1n) is 7.91. The third kappa shape index (κ3) is 2.73. The van der Waals surface area contributed by atoms with Gasteiger partial charge in [0.15, 0.2) is 0 Å². The van der Waals surface area contributed by atoms with E-state index in [4.69, 9.17) is 5.11 Å². The summed E-state index contributed by atoms with van der Waals surface area (Å²) in [5.41, 5.74) is 7.25. The molecule has 0 unspecified atom stereocenters. The quantitative estimate of drug-likeness (QED) is 0.753. The minimum Gasteiger partial charge on any atom is -0.481 e. The molecular weight excluding hydrogens is 304 g/mol. The Labute approximate surface area is 140 Å². The number of aryl methyl sites for hydroxylation is 2. The Balaban J connectivity index is 2.03. The molecule has 1 aliphatic rings. The Bertz CT molecular complexity index is 875. The molecule has 24 heavy (non-hydrogen) atoms. The zero-order valence-corrected chi connectivity index (χ0v) is 14.0. The lowest BCUT2D eigenvalue weighted by atomic mass is 9.99. The normalized spacial score (nSPS) is 14.8. The lowest BCUT2D eigenvalue weighted by Crippen LogP contribution is -2.03. The zero-order chi connectivity index (χ0) is 17.4. The Morgan fingerprint density at radius 1 is 1.25 bits per heavy atom. The third-order valence-corrected chi connectivity index (χ3v) is 4.54. The number of rotatable bonds is 4. The number of carboxylic acid groups (broad SMARTS) is 1. The number of amides is 1. The van der Waals surface area contributed by atoms with Crippen molar-refractivity contribution >= 4 is 29.2 Å². The molecule has 124 valence electrons. The van der Waals surface area contributed by atoms with E-state index in [9.17, 15) is 9.59 Å². The van der Waals surface area contributed by atoms with Crippen LogP contribution in [0.1, 0.15) is 40.1 Å². The van der Waals surface area contributed by atoms with E-state index in [2.05, 4.69) is 10.3 Å². The van der Waals surface area contributed by atoms with Crippen molar-refractivity contribution in [1.82, 2.24) is 4.98 Å². The molecule has 0 atom stereocenters. The summed E-state index contributed by atoms with van der Waals surface area (Å²) in [7, 11) is 0. The first-order chi connectivity index (χ1) is 11.4. The van der Waals surface area contributed by atoms with Crippen LogP contribution in [0.3, 0.4) is 0 Å². The van der Waals surface area contributed by atoms with Gasteiger partial charge in [0, 0.05) is 29.1 Å². The van der Waals surface area contributed by atoms with Crippen LogP contribution in [0.4, 0.5) is 5.69 Å². The van der Waals surface area contributed by atoms with Gasteiger partial charge in [-0.1, -0.05) is 12.1 Å².